The molecule has 0 aliphatic carbocycles. The normalized spacial score (nSPS) is 14.2. The Balaban J connectivity index is 1.43. The topological polar surface area (TPSA) is 95.4 Å². The van der Waals surface area contributed by atoms with Crippen LogP contribution >= 0.6 is 11.3 Å². The van der Waals surface area contributed by atoms with Gasteiger partial charge in [0.15, 0.2) is 11.4 Å². The summed E-state index contributed by atoms with van der Waals surface area (Å²) in [5.41, 5.74) is 5.63. The minimum Gasteiger partial charge on any atom is -0.488 e. The van der Waals surface area contributed by atoms with Crippen LogP contribution in [-0.4, -0.2) is 72.7 Å². The summed E-state index contributed by atoms with van der Waals surface area (Å²) in [6.07, 6.45) is 1.02. The van der Waals surface area contributed by atoms with Crippen LogP contribution in [0.1, 0.15) is 46.3 Å². The van der Waals surface area contributed by atoms with Crippen molar-refractivity contribution < 1.29 is 24.5 Å². The maximum Gasteiger partial charge on any atom is 0.253 e. The molecule has 1 aliphatic rings. The first kappa shape index (κ1) is 29.0. The molecule has 0 spiro atoms. The summed E-state index contributed by atoms with van der Waals surface area (Å²) in [4.78, 5) is 21.6. The summed E-state index contributed by atoms with van der Waals surface area (Å²) < 4.78 is 11.4. The first-order chi connectivity index (χ1) is 18.8. The zero-order valence-electron chi connectivity index (χ0n) is 23.2. The third-order valence-corrected chi connectivity index (χ3v) is 8.20. The first-order valence-corrected chi connectivity index (χ1v) is 14.3. The fourth-order valence-electron chi connectivity index (χ4n) is 4.81. The number of amides is 1. The predicted molar refractivity (Wildman–Crippen MR) is 154 cm³/mol. The van der Waals surface area contributed by atoms with Gasteiger partial charge in [-0.05, 0) is 68.5 Å². The molecule has 210 valence electrons. The summed E-state index contributed by atoms with van der Waals surface area (Å²) in [7, 11) is 3.48. The van der Waals surface area contributed by atoms with E-state index in [1.807, 2.05) is 44.3 Å². The summed E-state index contributed by atoms with van der Waals surface area (Å²) >= 11 is 1.60. The molecule has 8 nitrogen and oxygen atoms in total. The number of aliphatic hydroxyl groups is 2. The van der Waals surface area contributed by atoms with Crippen LogP contribution in [0.4, 0.5) is 5.13 Å². The Labute approximate surface area is 234 Å². The average Bonchev–Trinajstić information content (AvgIpc) is 3.43. The Morgan fingerprint density at radius 1 is 1.18 bits per heavy atom. The quantitative estimate of drug-likeness (QED) is 0.264. The van der Waals surface area contributed by atoms with Gasteiger partial charge in [0.1, 0.15) is 12.4 Å². The van der Waals surface area contributed by atoms with Crippen LogP contribution in [0.2, 0.25) is 0 Å². The van der Waals surface area contributed by atoms with E-state index >= 15 is 0 Å². The Morgan fingerprint density at radius 2 is 1.95 bits per heavy atom. The molecule has 3 aromatic rings. The highest BCUT2D eigenvalue weighted by atomic mass is 32.1. The monoisotopic (exact) mass is 553 g/mol. The van der Waals surface area contributed by atoms with E-state index < -0.39 is 6.29 Å². The third-order valence-electron chi connectivity index (χ3n) is 7.30. The number of hydrogen-bond acceptors (Lipinski definition) is 8. The van der Waals surface area contributed by atoms with Crippen LogP contribution in [0.3, 0.4) is 0 Å². The zero-order valence-corrected chi connectivity index (χ0v) is 24.0. The van der Waals surface area contributed by atoms with Crippen LogP contribution in [0.15, 0.2) is 41.8 Å². The number of methoxy groups -OCH3 is 1. The molecule has 1 fully saturated rings. The third kappa shape index (κ3) is 7.36. The van der Waals surface area contributed by atoms with Crippen molar-refractivity contribution in [2.45, 2.75) is 46.0 Å². The molecule has 9 heteroatoms. The molecule has 1 amide bonds. The smallest absolute Gasteiger partial charge is 0.253 e. The van der Waals surface area contributed by atoms with E-state index in [1.54, 1.807) is 23.3 Å². The molecule has 0 bridgehead atoms. The highest BCUT2D eigenvalue weighted by Crippen LogP contribution is 2.36. The molecular weight excluding hydrogens is 514 g/mol. The molecule has 1 aliphatic heterocycles. The second kappa shape index (κ2) is 13.4. The summed E-state index contributed by atoms with van der Waals surface area (Å²) in [5.74, 6) is 0.686. The SMILES string of the molecule is COCCCN(C)C(=O)c1ccc(COc2ccc(C)cc2-c2csc(N3CCC(C(O)O)CC3)n2)c(C)c1. The Hall–Kier alpha value is -2.98. The van der Waals surface area contributed by atoms with E-state index in [4.69, 9.17) is 14.5 Å². The van der Waals surface area contributed by atoms with Crippen molar-refractivity contribution in [2.24, 2.45) is 5.92 Å². The van der Waals surface area contributed by atoms with Gasteiger partial charge in [-0.1, -0.05) is 17.7 Å². The number of thiazole rings is 1. The second-order valence-corrected chi connectivity index (χ2v) is 11.1. The van der Waals surface area contributed by atoms with E-state index in [-0.39, 0.29) is 11.8 Å². The molecule has 39 heavy (non-hydrogen) atoms. The number of piperidine rings is 1. The fraction of sp³-hybridized carbons (Fsp3) is 0.467. The molecule has 2 N–H and O–H groups in total. The van der Waals surface area contributed by atoms with Crippen LogP contribution in [-0.2, 0) is 11.3 Å². The van der Waals surface area contributed by atoms with Crippen molar-refractivity contribution in [3.05, 3.63) is 64.0 Å². The van der Waals surface area contributed by atoms with Gasteiger partial charge in [-0.3, -0.25) is 4.79 Å². The summed E-state index contributed by atoms with van der Waals surface area (Å²) in [6, 6.07) is 11.9. The average molecular weight is 554 g/mol. The molecule has 0 saturated carbocycles. The van der Waals surface area contributed by atoms with Gasteiger partial charge in [-0.15, -0.1) is 11.3 Å². The van der Waals surface area contributed by atoms with Gasteiger partial charge in [0, 0.05) is 62.8 Å². The molecule has 2 heterocycles. The zero-order chi connectivity index (χ0) is 27.9. The van der Waals surface area contributed by atoms with Crippen LogP contribution < -0.4 is 9.64 Å². The van der Waals surface area contributed by atoms with Crippen molar-refractivity contribution in [3.63, 3.8) is 0 Å². The van der Waals surface area contributed by atoms with Crippen LogP contribution in [0, 0.1) is 19.8 Å². The maximum atomic E-state index is 12.8. The molecule has 0 unspecified atom stereocenters. The number of benzene rings is 2. The van der Waals surface area contributed by atoms with Gasteiger partial charge < -0.3 is 29.5 Å². The number of carbonyl (C=O) groups is 1. The number of aromatic nitrogens is 1. The maximum absolute atomic E-state index is 12.8. The van der Waals surface area contributed by atoms with Crippen LogP contribution in [0.25, 0.3) is 11.3 Å². The highest BCUT2D eigenvalue weighted by Gasteiger charge is 2.25. The number of anilines is 1. The van der Waals surface area contributed by atoms with Crippen molar-refractivity contribution in [2.75, 3.05) is 45.3 Å². The summed E-state index contributed by atoms with van der Waals surface area (Å²) in [5, 5.41) is 21.9. The van der Waals surface area contributed by atoms with Gasteiger partial charge in [-0.25, -0.2) is 4.98 Å². The molecule has 0 atom stereocenters. The van der Waals surface area contributed by atoms with E-state index in [2.05, 4.69) is 23.3 Å². The lowest BCUT2D eigenvalue weighted by Gasteiger charge is -2.32. The molecule has 4 rings (SSSR count). The van der Waals surface area contributed by atoms with Crippen molar-refractivity contribution in [1.82, 2.24) is 9.88 Å². The number of aryl methyl sites for hydroxylation is 2. The van der Waals surface area contributed by atoms with Crippen molar-refractivity contribution in [3.8, 4) is 17.0 Å². The Bertz CT molecular complexity index is 1250. The number of rotatable bonds is 11. The van der Waals surface area contributed by atoms with Gasteiger partial charge in [0.05, 0.1) is 5.69 Å². The van der Waals surface area contributed by atoms with E-state index in [0.29, 0.717) is 25.3 Å². The van der Waals surface area contributed by atoms with Crippen molar-refractivity contribution >= 4 is 22.4 Å². The van der Waals surface area contributed by atoms with Crippen LogP contribution in [0.5, 0.6) is 5.75 Å². The number of hydrogen-bond donors (Lipinski definition) is 2. The minimum atomic E-state index is -1.25. The van der Waals surface area contributed by atoms with Gasteiger partial charge in [-0.2, -0.15) is 0 Å². The van der Waals surface area contributed by atoms with E-state index in [1.165, 1.54) is 0 Å². The van der Waals surface area contributed by atoms with Gasteiger partial charge >= 0.3 is 0 Å². The standard InChI is InChI=1S/C30H39N3O5S/c1-20-6-9-27(25(16-20)26-19-39-30(31-26)33-13-10-22(11-14-33)29(35)36)38-18-24-8-7-23(17-21(24)2)28(34)32(3)12-5-15-37-4/h6-9,16-17,19,22,29,35-36H,5,10-15,18H2,1-4H3. The van der Waals surface area contributed by atoms with E-state index in [0.717, 1.165) is 71.2 Å². The number of ether oxygens (including phenoxy) is 2. The number of nitrogens with zero attached hydrogens (tertiary/aromatic N) is 3. The fourth-order valence-corrected chi connectivity index (χ4v) is 5.69. The lowest BCUT2D eigenvalue weighted by atomic mass is 9.97. The van der Waals surface area contributed by atoms with Gasteiger partial charge in [0.25, 0.3) is 5.91 Å². The lowest BCUT2D eigenvalue weighted by Crippen LogP contribution is -2.37. The Morgan fingerprint density at radius 3 is 2.64 bits per heavy atom. The minimum absolute atomic E-state index is 0.00130. The molecular formula is C30H39N3O5S. The molecule has 0 radical (unpaired) electrons. The number of carbonyl (C=O) groups excluding carboxylic acids is 1. The lowest BCUT2D eigenvalue weighted by molar-refractivity contribution is -0.0893. The Kier molecular flexibility index (Phi) is 9.96. The predicted octanol–water partition coefficient (Wildman–Crippen LogP) is 4.64. The van der Waals surface area contributed by atoms with Gasteiger partial charge in [0.2, 0.25) is 0 Å². The molecule has 2 aromatic carbocycles. The van der Waals surface area contributed by atoms with E-state index in [9.17, 15) is 15.0 Å². The molecule has 1 saturated heterocycles. The van der Waals surface area contributed by atoms with Crippen molar-refractivity contribution in [1.29, 1.82) is 0 Å². The highest BCUT2D eigenvalue weighted by molar-refractivity contribution is 7.14. The summed E-state index contributed by atoms with van der Waals surface area (Å²) in [6.45, 7) is 7.23. The second-order valence-electron chi connectivity index (χ2n) is 10.3. The number of aliphatic hydroxyl groups excluding tert-OH is 1. The largest absolute Gasteiger partial charge is 0.488 e. The molecule has 1 aromatic heterocycles. The first-order valence-electron chi connectivity index (χ1n) is 13.4.